The normalized spacial score (nSPS) is 12.3. The minimum Gasteiger partial charge on any atom is -0.346 e. The summed E-state index contributed by atoms with van der Waals surface area (Å²) in [5.74, 6) is 0.130. The van der Waals surface area contributed by atoms with Crippen LogP contribution in [0, 0.1) is 0 Å². The van der Waals surface area contributed by atoms with Gasteiger partial charge in [-0.3, -0.25) is 4.79 Å². The van der Waals surface area contributed by atoms with Gasteiger partial charge in [0.1, 0.15) is 0 Å². The van der Waals surface area contributed by atoms with Crippen LogP contribution in [0.4, 0.5) is 0 Å². The summed E-state index contributed by atoms with van der Waals surface area (Å²) in [6.07, 6.45) is 1.95. The largest absolute Gasteiger partial charge is 0.346 e. The van der Waals surface area contributed by atoms with Crippen molar-refractivity contribution in [2.45, 2.75) is 39.3 Å². The van der Waals surface area contributed by atoms with Gasteiger partial charge in [-0.1, -0.05) is 48.5 Å². The van der Waals surface area contributed by atoms with Crippen LogP contribution in [-0.2, 0) is 24.8 Å². The fraction of sp³-hybridized carbons (Fsp3) is 0.318. The molecule has 1 heterocycles. The van der Waals surface area contributed by atoms with E-state index in [0.717, 1.165) is 12.8 Å². The Morgan fingerprint density at radius 1 is 1.08 bits per heavy atom. The Bertz CT molecular complexity index is 851. The van der Waals surface area contributed by atoms with Crippen molar-refractivity contribution in [1.29, 1.82) is 0 Å². The number of benzene rings is 2. The number of nitrogens with zero attached hydrogens (tertiary/aromatic N) is 2. The van der Waals surface area contributed by atoms with E-state index in [1.807, 2.05) is 11.0 Å². The van der Waals surface area contributed by atoms with Crippen molar-refractivity contribution < 1.29 is 4.79 Å². The first-order valence-corrected chi connectivity index (χ1v) is 8.90. The summed E-state index contributed by atoms with van der Waals surface area (Å²) < 4.78 is 2.19. The minimum atomic E-state index is 0.130. The smallest absolute Gasteiger partial charge is 0.220 e. The third kappa shape index (κ3) is 3.93. The van der Waals surface area contributed by atoms with Crippen molar-refractivity contribution >= 4 is 16.8 Å². The average Bonchev–Trinajstić information content (AvgIpc) is 2.94. The van der Waals surface area contributed by atoms with Gasteiger partial charge in [0.15, 0.2) is 0 Å². The lowest BCUT2D eigenvalue weighted by Gasteiger charge is -2.28. The molecule has 0 aliphatic rings. The summed E-state index contributed by atoms with van der Waals surface area (Å²) in [5.41, 5.74) is 3.70. The Morgan fingerprint density at radius 3 is 2.44 bits per heavy atom. The first kappa shape index (κ1) is 17.3. The number of para-hydroxylation sites is 1. The quantitative estimate of drug-likeness (QED) is 0.649. The number of hydrogen-bond donors (Lipinski definition) is 0. The Labute approximate surface area is 149 Å². The molecule has 25 heavy (non-hydrogen) atoms. The third-order valence-electron chi connectivity index (χ3n) is 5.01. The summed E-state index contributed by atoms with van der Waals surface area (Å²) >= 11 is 0. The molecule has 130 valence electrons. The monoisotopic (exact) mass is 334 g/mol. The highest BCUT2D eigenvalue weighted by molar-refractivity contribution is 5.81. The zero-order valence-corrected chi connectivity index (χ0v) is 15.3. The average molecular weight is 334 g/mol. The first-order valence-electron chi connectivity index (χ1n) is 8.90. The minimum absolute atomic E-state index is 0.130. The van der Waals surface area contributed by atoms with E-state index in [1.54, 1.807) is 6.92 Å². The fourth-order valence-corrected chi connectivity index (χ4v) is 3.43. The van der Waals surface area contributed by atoms with E-state index < -0.39 is 0 Å². The molecule has 0 unspecified atom stereocenters. The zero-order chi connectivity index (χ0) is 17.8. The lowest BCUT2D eigenvalue weighted by molar-refractivity contribution is -0.131. The maximum atomic E-state index is 12.2. The van der Waals surface area contributed by atoms with E-state index in [0.29, 0.717) is 6.54 Å². The zero-order valence-electron chi connectivity index (χ0n) is 15.3. The molecule has 0 aliphatic carbocycles. The van der Waals surface area contributed by atoms with Gasteiger partial charge in [-0.2, -0.15) is 0 Å². The summed E-state index contributed by atoms with van der Waals surface area (Å²) in [7, 11) is 2.07. The summed E-state index contributed by atoms with van der Waals surface area (Å²) in [6, 6.07) is 21.2. The molecule has 1 aromatic heterocycles. The van der Waals surface area contributed by atoms with Crippen molar-refractivity contribution in [1.82, 2.24) is 9.47 Å². The number of rotatable bonds is 6. The van der Waals surface area contributed by atoms with Gasteiger partial charge in [-0.15, -0.1) is 0 Å². The van der Waals surface area contributed by atoms with Crippen molar-refractivity contribution in [3.05, 3.63) is 71.9 Å². The molecule has 0 saturated heterocycles. The molecule has 3 heteroatoms. The van der Waals surface area contributed by atoms with Crippen molar-refractivity contribution in [3.8, 4) is 0 Å². The molecule has 0 aliphatic heterocycles. The second-order valence-electron chi connectivity index (χ2n) is 6.77. The number of carbonyl (C=O) groups is 1. The van der Waals surface area contributed by atoms with Crippen molar-refractivity contribution in [3.63, 3.8) is 0 Å². The van der Waals surface area contributed by atoms with Crippen LogP contribution in [0.5, 0.6) is 0 Å². The van der Waals surface area contributed by atoms with E-state index in [-0.39, 0.29) is 11.9 Å². The number of amides is 1. The van der Waals surface area contributed by atoms with E-state index in [4.69, 9.17) is 0 Å². The molecule has 3 aromatic rings. The fourth-order valence-electron chi connectivity index (χ4n) is 3.43. The number of aryl methyl sites for hydroxylation is 2. The molecule has 1 amide bonds. The van der Waals surface area contributed by atoms with E-state index in [2.05, 4.69) is 73.1 Å². The third-order valence-corrected chi connectivity index (χ3v) is 5.01. The lowest BCUT2D eigenvalue weighted by Crippen LogP contribution is -2.37. The molecule has 0 fully saturated rings. The SMILES string of the molecule is CC(=O)N(Cc1cc2ccccc2n1C)[C@H](C)CCc1ccccc1. The van der Waals surface area contributed by atoms with Crippen LogP contribution in [0.1, 0.15) is 31.5 Å². The number of carbonyl (C=O) groups excluding carboxylic acids is 1. The van der Waals surface area contributed by atoms with Gasteiger partial charge in [0, 0.05) is 31.2 Å². The Balaban J connectivity index is 1.74. The van der Waals surface area contributed by atoms with E-state index >= 15 is 0 Å². The number of hydrogen-bond acceptors (Lipinski definition) is 1. The van der Waals surface area contributed by atoms with Crippen LogP contribution in [0.2, 0.25) is 0 Å². The molecule has 3 rings (SSSR count). The predicted octanol–water partition coefficient (Wildman–Crippen LogP) is 4.55. The Morgan fingerprint density at radius 2 is 1.76 bits per heavy atom. The van der Waals surface area contributed by atoms with E-state index in [9.17, 15) is 4.79 Å². The highest BCUT2D eigenvalue weighted by Gasteiger charge is 2.19. The molecular weight excluding hydrogens is 308 g/mol. The molecular formula is C22H26N2O. The van der Waals surface area contributed by atoms with Gasteiger partial charge >= 0.3 is 0 Å². The molecule has 1 atom stereocenters. The molecule has 0 spiro atoms. The van der Waals surface area contributed by atoms with Gasteiger partial charge in [-0.05, 0) is 42.8 Å². The Hall–Kier alpha value is -2.55. The van der Waals surface area contributed by atoms with Gasteiger partial charge in [-0.25, -0.2) is 0 Å². The van der Waals surface area contributed by atoms with Crippen molar-refractivity contribution in [2.24, 2.45) is 7.05 Å². The van der Waals surface area contributed by atoms with Crippen molar-refractivity contribution in [2.75, 3.05) is 0 Å². The number of fused-ring (bicyclic) bond motifs is 1. The molecule has 0 N–H and O–H groups in total. The van der Waals surface area contributed by atoms with Gasteiger partial charge in [0.25, 0.3) is 0 Å². The maximum Gasteiger partial charge on any atom is 0.220 e. The van der Waals surface area contributed by atoms with E-state index in [1.165, 1.54) is 22.2 Å². The molecule has 2 aromatic carbocycles. The van der Waals surface area contributed by atoms with Crippen LogP contribution in [0.3, 0.4) is 0 Å². The highest BCUT2D eigenvalue weighted by Crippen LogP contribution is 2.21. The van der Waals surface area contributed by atoms with Crippen LogP contribution in [-0.4, -0.2) is 21.4 Å². The summed E-state index contributed by atoms with van der Waals surface area (Å²) in [5, 5.41) is 1.22. The Kier molecular flexibility index (Phi) is 5.22. The van der Waals surface area contributed by atoms with Gasteiger partial charge in [0.2, 0.25) is 5.91 Å². The first-order chi connectivity index (χ1) is 12.1. The van der Waals surface area contributed by atoms with Crippen LogP contribution in [0.15, 0.2) is 60.7 Å². The molecule has 3 nitrogen and oxygen atoms in total. The number of aromatic nitrogens is 1. The summed E-state index contributed by atoms with van der Waals surface area (Å²) in [6.45, 7) is 4.46. The maximum absolute atomic E-state index is 12.2. The van der Waals surface area contributed by atoms with Crippen LogP contribution >= 0.6 is 0 Å². The topological polar surface area (TPSA) is 25.2 Å². The highest BCUT2D eigenvalue weighted by atomic mass is 16.2. The predicted molar refractivity (Wildman–Crippen MR) is 103 cm³/mol. The lowest BCUT2D eigenvalue weighted by atomic mass is 10.0. The second kappa shape index (κ2) is 7.56. The van der Waals surface area contributed by atoms with Crippen LogP contribution < -0.4 is 0 Å². The molecule has 0 radical (unpaired) electrons. The molecule has 0 bridgehead atoms. The van der Waals surface area contributed by atoms with Gasteiger partial charge in [0.05, 0.1) is 6.54 Å². The summed E-state index contributed by atoms with van der Waals surface area (Å²) in [4.78, 5) is 14.2. The second-order valence-corrected chi connectivity index (χ2v) is 6.77. The molecule has 0 saturated carbocycles. The standard InChI is InChI=1S/C22H26N2O/c1-17(13-14-19-9-5-4-6-10-19)24(18(2)25)16-21-15-20-11-7-8-12-22(20)23(21)3/h4-12,15,17H,13-14,16H2,1-3H3/t17-/m1/s1. The van der Waals surface area contributed by atoms with Gasteiger partial charge < -0.3 is 9.47 Å². The van der Waals surface area contributed by atoms with Crippen LogP contribution in [0.25, 0.3) is 10.9 Å².